The van der Waals surface area contributed by atoms with Crippen LogP contribution in [0.15, 0.2) is 18.2 Å². The Morgan fingerprint density at radius 2 is 1.95 bits per heavy atom. The minimum Gasteiger partial charge on any atom is -0.490 e. The molecule has 1 heterocycles. The van der Waals surface area contributed by atoms with Gasteiger partial charge < -0.3 is 14.2 Å². The first-order valence-corrected chi connectivity index (χ1v) is 7.85. The highest BCUT2D eigenvalue weighted by molar-refractivity contribution is 5.76. The second kappa shape index (κ2) is 8.15. The molecular formula is C17H25NO4. The number of aldehydes is 1. The van der Waals surface area contributed by atoms with Crippen molar-refractivity contribution in [2.75, 3.05) is 32.8 Å². The van der Waals surface area contributed by atoms with E-state index < -0.39 is 0 Å². The van der Waals surface area contributed by atoms with Gasteiger partial charge in [0.2, 0.25) is 0 Å². The Labute approximate surface area is 132 Å². The highest BCUT2D eigenvalue weighted by Crippen LogP contribution is 2.28. The zero-order valence-electron chi connectivity index (χ0n) is 13.6. The van der Waals surface area contributed by atoms with E-state index in [-0.39, 0.29) is 12.2 Å². The summed E-state index contributed by atoms with van der Waals surface area (Å²) in [5, 5.41) is 0. The topological polar surface area (TPSA) is 48.0 Å². The molecule has 5 heteroatoms. The third-order valence-corrected chi connectivity index (χ3v) is 3.56. The molecule has 0 amide bonds. The SMILES string of the molecule is CCOc1cc(C=O)ccc1OCCN1CC(C)OC(C)C1. The molecule has 1 saturated heterocycles. The van der Waals surface area contributed by atoms with Gasteiger partial charge >= 0.3 is 0 Å². The molecule has 1 aromatic rings. The lowest BCUT2D eigenvalue weighted by molar-refractivity contribution is -0.0699. The van der Waals surface area contributed by atoms with Crippen molar-refractivity contribution in [3.05, 3.63) is 23.8 Å². The van der Waals surface area contributed by atoms with Gasteiger partial charge in [-0.05, 0) is 39.0 Å². The second-order valence-corrected chi connectivity index (χ2v) is 5.62. The maximum atomic E-state index is 10.8. The van der Waals surface area contributed by atoms with Crippen molar-refractivity contribution in [1.82, 2.24) is 4.90 Å². The lowest BCUT2D eigenvalue weighted by atomic mass is 10.2. The maximum Gasteiger partial charge on any atom is 0.161 e. The zero-order valence-corrected chi connectivity index (χ0v) is 13.6. The fourth-order valence-electron chi connectivity index (χ4n) is 2.74. The highest BCUT2D eigenvalue weighted by Gasteiger charge is 2.21. The van der Waals surface area contributed by atoms with Crippen LogP contribution in [0.2, 0.25) is 0 Å². The van der Waals surface area contributed by atoms with Crippen LogP contribution in [-0.4, -0.2) is 56.2 Å². The van der Waals surface area contributed by atoms with E-state index in [1.807, 2.05) is 6.92 Å². The van der Waals surface area contributed by atoms with E-state index in [1.165, 1.54) is 0 Å². The minimum atomic E-state index is 0.259. The Kier molecular flexibility index (Phi) is 6.21. The summed E-state index contributed by atoms with van der Waals surface area (Å²) in [7, 11) is 0. The third-order valence-electron chi connectivity index (χ3n) is 3.56. The largest absolute Gasteiger partial charge is 0.490 e. The molecule has 0 spiro atoms. The Morgan fingerprint density at radius 3 is 2.59 bits per heavy atom. The van der Waals surface area contributed by atoms with Crippen LogP contribution in [0.4, 0.5) is 0 Å². The molecule has 0 aromatic heterocycles. The molecular weight excluding hydrogens is 282 g/mol. The van der Waals surface area contributed by atoms with Gasteiger partial charge in [0.15, 0.2) is 11.5 Å². The lowest BCUT2D eigenvalue weighted by Crippen LogP contribution is -2.46. The number of hydrogen-bond acceptors (Lipinski definition) is 5. The Bertz CT molecular complexity index is 482. The summed E-state index contributed by atoms with van der Waals surface area (Å²) in [5.41, 5.74) is 0.589. The molecule has 1 fully saturated rings. The molecule has 122 valence electrons. The highest BCUT2D eigenvalue weighted by atomic mass is 16.5. The van der Waals surface area contributed by atoms with Gasteiger partial charge in [0.05, 0.1) is 18.8 Å². The van der Waals surface area contributed by atoms with Crippen molar-refractivity contribution in [3.63, 3.8) is 0 Å². The number of ether oxygens (including phenoxy) is 3. The average molecular weight is 307 g/mol. The standard InChI is InChI=1S/C17H25NO4/c1-4-20-17-9-15(12-19)5-6-16(17)21-8-7-18-10-13(2)22-14(3)11-18/h5-6,9,12-14H,4,7-8,10-11H2,1-3H3. The molecule has 2 atom stereocenters. The normalized spacial score (nSPS) is 22.3. The number of hydrogen-bond donors (Lipinski definition) is 0. The smallest absolute Gasteiger partial charge is 0.161 e. The van der Waals surface area contributed by atoms with E-state index in [9.17, 15) is 4.79 Å². The Morgan fingerprint density at radius 1 is 1.23 bits per heavy atom. The fraction of sp³-hybridized carbons (Fsp3) is 0.588. The summed E-state index contributed by atoms with van der Waals surface area (Å²) < 4.78 is 17.1. The number of morpholine rings is 1. The molecule has 0 radical (unpaired) electrons. The molecule has 2 rings (SSSR count). The third kappa shape index (κ3) is 4.71. The van der Waals surface area contributed by atoms with E-state index in [0.29, 0.717) is 30.3 Å². The quantitative estimate of drug-likeness (QED) is 0.724. The van der Waals surface area contributed by atoms with Gasteiger partial charge in [0.25, 0.3) is 0 Å². The van der Waals surface area contributed by atoms with E-state index in [4.69, 9.17) is 14.2 Å². The van der Waals surface area contributed by atoms with Crippen molar-refractivity contribution in [1.29, 1.82) is 0 Å². The molecule has 0 aliphatic carbocycles. The number of nitrogens with zero attached hydrogens (tertiary/aromatic N) is 1. The number of rotatable bonds is 7. The molecule has 5 nitrogen and oxygen atoms in total. The van der Waals surface area contributed by atoms with Gasteiger partial charge in [-0.2, -0.15) is 0 Å². The summed E-state index contributed by atoms with van der Waals surface area (Å²) in [6.45, 7) is 9.92. The van der Waals surface area contributed by atoms with Crippen molar-refractivity contribution >= 4 is 6.29 Å². The average Bonchev–Trinajstić information content (AvgIpc) is 2.48. The maximum absolute atomic E-state index is 10.8. The van der Waals surface area contributed by atoms with Gasteiger partial charge in [0.1, 0.15) is 12.9 Å². The predicted octanol–water partition coefficient (Wildman–Crippen LogP) is 2.39. The molecule has 1 aromatic carbocycles. The molecule has 0 saturated carbocycles. The van der Waals surface area contributed by atoms with Crippen LogP contribution in [0, 0.1) is 0 Å². The van der Waals surface area contributed by atoms with Crippen LogP contribution in [0.3, 0.4) is 0 Å². The summed E-state index contributed by atoms with van der Waals surface area (Å²) >= 11 is 0. The van der Waals surface area contributed by atoms with Crippen molar-refractivity contribution in [2.24, 2.45) is 0 Å². The molecule has 1 aliphatic heterocycles. The van der Waals surface area contributed by atoms with E-state index in [0.717, 1.165) is 25.9 Å². The lowest BCUT2D eigenvalue weighted by Gasteiger charge is -2.35. The van der Waals surface area contributed by atoms with Gasteiger partial charge in [-0.15, -0.1) is 0 Å². The molecule has 22 heavy (non-hydrogen) atoms. The molecule has 0 N–H and O–H groups in total. The van der Waals surface area contributed by atoms with Crippen molar-refractivity contribution in [2.45, 2.75) is 33.0 Å². The van der Waals surface area contributed by atoms with Gasteiger partial charge in [0, 0.05) is 25.2 Å². The van der Waals surface area contributed by atoms with Crippen LogP contribution in [0.5, 0.6) is 11.5 Å². The monoisotopic (exact) mass is 307 g/mol. The molecule has 0 bridgehead atoms. The van der Waals surface area contributed by atoms with E-state index >= 15 is 0 Å². The summed E-state index contributed by atoms with van der Waals surface area (Å²) in [6.07, 6.45) is 1.33. The fourth-order valence-corrected chi connectivity index (χ4v) is 2.74. The van der Waals surface area contributed by atoms with Crippen molar-refractivity contribution < 1.29 is 19.0 Å². The summed E-state index contributed by atoms with van der Waals surface area (Å²) in [6, 6.07) is 5.24. The minimum absolute atomic E-state index is 0.259. The number of carbonyl (C=O) groups excluding carboxylic acids is 1. The van der Waals surface area contributed by atoms with Crippen LogP contribution in [-0.2, 0) is 4.74 Å². The molecule has 1 aliphatic rings. The Hall–Kier alpha value is -1.59. The van der Waals surface area contributed by atoms with Crippen LogP contribution < -0.4 is 9.47 Å². The Balaban J connectivity index is 1.89. The van der Waals surface area contributed by atoms with Crippen LogP contribution in [0.25, 0.3) is 0 Å². The van der Waals surface area contributed by atoms with E-state index in [1.54, 1.807) is 18.2 Å². The van der Waals surface area contributed by atoms with Gasteiger partial charge in [-0.1, -0.05) is 0 Å². The number of benzene rings is 1. The predicted molar refractivity (Wildman–Crippen MR) is 84.9 cm³/mol. The zero-order chi connectivity index (χ0) is 15.9. The van der Waals surface area contributed by atoms with Crippen LogP contribution in [0.1, 0.15) is 31.1 Å². The van der Waals surface area contributed by atoms with Gasteiger partial charge in [-0.3, -0.25) is 9.69 Å². The van der Waals surface area contributed by atoms with Crippen molar-refractivity contribution in [3.8, 4) is 11.5 Å². The first-order valence-electron chi connectivity index (χ1n) is 7.85. The first-order chi connectivity index (χ1) is 10.6. The summed E-state index contributed by atoms with van der Waals surface area (Å²) in [4.78, 5) is 13.2. The molecule has 2 unspecified atom stereocenters. The van der Waals surface area contributed by atoms with Crippen LogP contribution >= 0.6 is 0 Å². The summed E-state index contributed by atoms with van der Waals surface area (Å²) in [5.74, 6) is 1.30. The van der Waals surface area contributed by atoms with Gasteiger partial charge in [-0.25, -0.2) is 0 Å². The number of carbonyl (C=O) groups is 1. The van der Waals surface area contributed by atoms with E-state index in [2.05, 4.69) is 18.7 Å². The first kappa shape index (κ1) is 16.8. The second-order valence-electron chi connectivity index (χ2n) is 5.62.